The van der Waals surface area contributed by atoms with Crippen LogP contribution in [0.1, 0.15) is 24.6 Å². The first-order valence-corrected chi connectivity index (χ1v) is 5.31. The monoisotopic (exact) mass is 216 g/mol. The largest absolute Gasteiger partial charge is 0.504 e. The summed E-state index contributed by atoms with van der Waals surface area (Å²) in [5.41, 5.74) is 1.70. The summed E-state index contributed by atoms with van der Waals surface area (Å²) < 4.78 is 0. The second kappa shape index (κ2) is 3.27. The van der Waals surface area contributed by atoms with Crippen LogP contribution >= 0.6 is 0 Å². The summed E-state index contributed by atoms with van der Waals surface area (Å²) in [6, 6.07) is 4.75. The van der Waals surface area contributed by atoms with Gasteiger partial charge in [0.25, 0.3) is 0 Å². The number of rotatable bonds is 2. The van der Waals surface area contributed by atoms with E-state index in [-0.39, 0.29) is 11.5 Å². The second-order valence-corrected chi connectivity index (χ2v) is 4.16. The molecule has 4 heteroatoms. The minimum atomic E-state index is -0.111. The van der Waals surface area contributed by atoms with E-state index >= 15 is 0 Å². The third-order valence-corrected chi connectivity index (χ3v) is 2.85. The molecule has 0 radical (unpaired) electrons. The third-order valence-electron chi connectivity index (χ3n) is 2.85. The van der Waals surface area contributed by atoms with Crippen molar-refractivity contribution in [3.05, 3.63) is 30.2 Å². The molecule has 4 nitrogen and oxygen atoms in total. The summed E-state index contributed by atoms with van der Waals surface area (Å²) >= 11 is 0. The van der Waals surface area contributed by atoms with Crippen LogP contribution in [0.5, 0.6) is 11.5 Å². The van der Waals surface area contributed by atoms with Crippen molar-refractivity contribution in [3.63, 3.8) is 0 Å². The van der Waals surface area contributed by atoms with E-state index in [2.05, 4.69) is 9.97 Å². The summed E-state index contributed by atoms with van der Waals surface area (Å²) in [5.74, 6) is 1.38. The molecule has 0 aliphatic heterocycles. The van der Waals surface area contributed by atoms with Crippen molar-refractivity contribution < 1.29 is 10.2 Å². The van der Waals surface area contributed by atoms with E-state index in [9.17, 15) is 10.2 Å². The number of phenolic OH excluding ortho intramolecular Hbond substituents is 2. The fourth-order valence-corrected chi connectivity index (χ4v) is 1.74. The van der Waals surface area contributed by atoms with Crippen LogP contribution in [0, 0.1) is 0 Å². The zero-order valence-corrected chi connectivity index (χ0v) is 8.64. The van der Waals surface area contributed by atoms with E-state index in [4.69, 9.17) is 0 Å². The Labute approximate surface area is 92.6 Å². The first-order valence-electron chi connectivity index (χ1n) is 5.31. The van der Waals surface area contributed by atoms with Gasteiger partial charge in [-0.1, -0.05) is 0 Å². The number of hydrogen-bond donors (Lipinski definition) is 3. The number of aromatic nitrogens is 2. The number of imidazole rings is 1. The summed E-state index contributed by atoms with van der Waals surface area (Å²) in [4.78, 5) is 7.54. The van der Waals surface area contributed by atoms with Gasteiger partial charge >= 0.3 is 0 Å². The zero-order valence-electron chi connectivity index (χ0n) is 8.64. The van der Waals surface area contributed by atoms with Gasteiger partial charge in [-0.2, -0.15) is 0 Å². The normalized spacial score (nSPS) is 15.2. The van der Waals surface area contributed by atoms with Crippen molar-refractivity contribution in [2.75, 3.05) is 0 Å². The number of hydrogen-bond acceptors (Lipinski definition) is 3. The van der Waals surface area contributed by atoms with Crippen molar-refractivity contribution in [1.82, 2.24) is 9.97 Å². The predicted molar refractivity (Wildman–Crippen MR) is 59.3 cm³/mol. The van der Waals surface area contributed by atoms with Gasteiger partial charge in [-0.05, 0) is 31.0 Å². The molecule has 0 saturated heterocycles. The molecule has 0 amide bonds. The molecule has 1 saturated carbocycles. The van der Waals surface area contributed by atoms with Crippen molar-refractivity contribution >= 4 is 0 Å². The van der Waals surface area contributed by atoms with Gasteiger partial charge in [-0.25, -0.2) is 4.98 Å². The predicted octanol–water partition coefficient (Wildman–Crippen LogP) is 2.37. The SMILES string of the molecule is Oc1ccc(-c2cnc(C3CC3)[nH]2)cc1O. The third kappa shape index (κ3) is 1.52. The smallest absolute Gasteiger partial charge is 0.158 e. The molecule has 16 heavy (non-hydrogen) atoms. The van der Waals surface area contributed by atoms with Crippen LogP contribution in [0.4, 0.5) is 0 Å². The van der Waals surface area contributed by atoms with Gasteiger partial charge in [0.05, 0.1) is 11.9 Å². The van der Waals surface area contributed by atoms with E-state index in [0.717, 1.165) is 17.1 Å². The molecule has 1 fully saturated rings. The second-order valence-electron chi connectivity index (χ2n) is 4.16. The molecule has 1 aliphatic rings. The Morgan fingerprint density at radius 3 is 2.69 bits per heavy atom. The lowest BCUT2D eigenvalue weighted by Crippen LogP contribution is -1.82. The number of aromatic hydroxyl groups is 2. The van der Waals surface area contributed by atoms with Gasteiger partial charge in [0.15, 0.2) is 11.5 Å². The van der Waals surface area contributed by atoms with Crippen molar-refractivity contribution in [2.24, 2.45) is 0 Å². The van der Waals surface area contributed by atoms with E-state index in [1.807, 2.05) is 0 Å². The minimum absolute atomic E-state index is 0.106. The Morgan fingerprint density at radius 2 is 2.00 bits per heavy atom. The molecule has 0 bridgehead atoms. The lowest BCUT2D eigenvalue weighted by atomic mass is 10.1. The van der Waals surface area contributed by atoms with E-state index in [1.54, 1.807) is 12.3 Å². The molecule has 1 aliphatic carbocycles. The standard InChI is InChI=1S/C12H12N2O2/c15-10-4-3-8(5-11(10)16)9-6-13-12(14-9)7-1-2-7/h3-7,15-16H,1-2H2,(H,13,14). The average molecular weight is 216 g/mol. The number of nitrogens with zero attached hydrogens (tertiary/aromatic N) is 1. The Balaban J connectivity index is 1.97. The van der Waals surface area contributed by atoms with Crippen LogP contribution in [0.3, 0.4) is 0 Å². The molecule has 1 aromatic heterocycles. The van der Waals surface area contributed by atoms with E-state index < -0.39 is 0 Å². The highest BCUT2D eigenvalue weighted by molar-refractivity contribution is 5.63. The fourth-order valence-electron chi connectivity index (χ4n) is 1.74. The van der Waals surface area contributed by atoms with Gasteiger partial charge in [-0.3, -0.25) is 0 Å². The van der Waals surface area contributed by atoms with Gasteiger partial charge in [0.2, 0.25) is 0 Å². The van der Waals surface area contributed by atoms with E-state index in [0.29, 0.717) is 5.92 Å². The van der Waals surface area contributed by atoms with Gasteiger partial charge < -0.3 is 15.2 Å². The fraction of sp³-hybridized carbons (Fsp3) is 0.250. The number of benzene rings is 1. The van der Waals surface area contributed by atoms with E-state index in [1.165, 1.54) is 25.0 Å². The Hall–Kier alpha value is -1.97. The average Bonchev–Trinajstić information content (AvgIpc) is 3.01. The first-order chi connectivity index (χ1) is 7.74. The molecule has 3 rings (SSSR count). The zero-order chi connectivity index (χ0) is 11.1. The van der Waals surface area contributed by atoms with Crippen LogP contribution in [-0.2, 0) is 0 Å². The first kappa shape index (κ1) is 9.27. The molecular weight excluding hydrogens is 204 g/mol. The maximum absolute atomic E-state index is 9.41. The number of nitrogens with one attached hydrogen (secondary N) is 1. The Morgan fingerprint density at radius 1 is 1.19 bits per heavy atom. The van der Waals surface area contributed by atoms with Crippen LogP contribution in [-0.4, -0.2) is 20.2 Å². The van der Waals surface area contributed by atoms with Crippen LogP contribution in [0.15, 0.2) is 24.4 Å². The van der Waals surface area contributed by atoms with Crippen molar-refractivity contribution in [2.45, 2.75) is 18.8 Å². The summed E-state index contributed by atoms with van der Waals surface area (Å²) in [6.07, 6.45) is 4.17. The Bertz CT molecular complexity index is 530. The molecule has 3 N–H and O–H groups in total. The van der Waals surface area contributed by atoms with Gasteiger partial charge in [0.1, 0.15) is 5.82 Å². The lowest BCUT2D eigenvalue weighted by Gasteiger charge is -2.00. The maximum atomic E-state index is 9.41. The molecule has 82 valence electrons. The summed E-state index contributed by atoms with van der Waals surface area (Å²) in [6.45, 7) is 0. The minimum Gasteiger partial charge on any atom is -0.504 e. The molecule has 1 heterocycles. The highest BCUT2D eigenvalue weighted by atomic mass is 16.3. The number of phenols is 2. The van der Waals surface area contributed by atoms with Crippen molar-refractivity contribution in [1.29, 1.82) is 0 Å². The molecule has 2 aromatic rings. The highest BCUT2D eigenvalue weighted by Crippen LogP contribution is 2.39. The van der Waals surface area contributed by atoms with Crippen LogP contribution in [0.2, 0.25) is 0 Å². The number of aromatic amines is 1. The number of H-pyrrole nitrogens is 1. The van der Waals surface area contributed by atoms with Gasteiger partial charge in [-0.15, -0.1) is 0 Å². The Kier molecular flexibility index (Phi) is 1.89. The van der Waals surface area contributed by atoms with Crippen molar-refractivity contribution in [3.8, 4) is 22.8 Å². The summed E-state index contributed by atoms with van der Waals surface area (Å²) in [7, 11) is 0. The highest BCUT2D eigenvalue weighted by Gasteiger charge is 2.26. The van der Waals surface area contributed by atoms with Crippen LogP contribution in [0.25, 0.3) is 11.3 Å². The lowest BCUT2D eigenvalue weighted by molar-refractivity contribution is 0.404. The quantitative estimate of drug-likeness (QED) is 0.675. The molecular formula is C12H12N2O2. The van der Waals surface area contributed by atoms with Gasteiger partial charge in [0, 0.05) is 11.5 Å². The molecule has 0 atom stereocenters. The maximum Gasteiger partial charge on any atom is 0.158 e. The molecule has 0 spiro atoms. The topological polar surface area (TPSA) is 69.1 Å². The molecule has 1 aromatic carbocycles. The summed E-state index contributed by atoms with van der Waals surface area (Å²) in [5, 5.41) is 18.6. The van der Waals surface area contributed by atoms with Crippen LogP contribution < -0.4 is 0 Å². The molecule has 0 unspecified atom stereocenters.